The van der Waals surface area contributed by atoms with E-state index in [0.717, 1.165) is 10.5 Å². The fourth-order valence-electron chi connectivity index (χ4n) is 2.64. The highest BCUT2D eigenvalue weighted by Gasteiger charge is 2.35. The number of imide groups is 1. The van der Waals surface area contributed by atoms with Crippen molar-refractivity contribution in [1.29, 1.82) is 0 Å². The SMILES string of the molecule is COc1cc(/C=C2\SC(=O)N(CC(N)=O)C2=O)cc(Cl)c1OCc1ccc(F)cc1. The van der Waals surface area contributed by atoms with Gasteiger partial charge in [-0.3, -0.25) is 19.3 Å². The van der Waals surface area contributed by atoms with Crippen LogP contribution in [0.2, 0.25) is 5.02 Å². The average molecular weight is 451 g/mol. The third-order valence-corrected chi connectivity index (χ3v) is 5.22. The maximum atomic E-state index is 13.0. The molecule has 1 aliphatic heterocycles. The summed E-state index contributed by atoms with van der Waals surface area (Å²) in [5.41, 5.74) is 6.30. The van der Waals surface area contributed by atoms with E-state index in [1.54, 1.807) is 24.3 Å². The molecular formula is C20H16ClFN2O5S. The molecule has 2 aromatic carbocycles. The van der Waals surface area contributed by atoms with Gasteiger partial charge in [0.15, 0.2) is 11.5 Å². The fraction of sp³-hybridized carbons (Fsp3) is 0.150. The summed E-state index contributed by atoms with van der Waals surface area (Å²) in [6.45, 7) is -0.343. The number of primary amides is 1. The average Bonchev–Trinajstić information content (AvgIpc) is 2.95. The van der Waals surface area contributed by atoms with Crippen molar-refractivity contribution in [2.24, 2.45) is 5.73 Å². The number of thioether (sulfide) groups is 1. The Balaban J connectivity index is 1.82. The number of carbonyl (C=O) groups excluding carboxylic acids is 3. The first kappa shape index (κ1) is 21.7. The Morgan fingerprint density at radius 2 is 1.97 bits per heavy atom. The van der Waals surface area contributed by atoms with Crippen molar-refractivity contribution in [3.8, 4) is 11.5 Å². The molecule has 0 radical (unpaired) electrons. The van der Waals surface area contributed by atoms with E-state index in [1.165, 1.54) is 25.3 Å². The molecule has 1 fully saturated rings. The highest BCUT2D eigenvalue weighted by atomic mass is 35.5. The van der Waals surface area contributed by atoms with Crippen molar-refractivity contribution in [1.82, 2.24) is 4.90 Å². The molecule has 0 saturated carbocycles. The van der Waals surface area contributed by atoms with Crippen molar-refractivity contribution in [3.05, 3.63) is 63.3 Å². The van der Waals surface area contributed by atoms with Crippen LogP contribution in [0.5, 0.6) is 11.5 Å². The topological polar surface area (TPSA) is 98.9 Å². The second-order valence-electron chi connectivity index (χ2n) is 6.18. The van der Waals surface area contributed by atoms with Crippen molar-refractivity contribution < 1.29 is 28.2 Å². The highest BCUT2D eigenvalue weighted by Crippen LogP contribution is 2.39. The first-order valence-electron chi connectivity index (χ1n) is 8.57. The van der Waals surface area contributed by atoms with Crippen LogP contribution in [0, 0.1) is 5.82 Å². The molecule has 1 aliphatic rings. The van der Waals surface area contributed by atoms with E-state index < -0.39 is 23.6 Å². The molecule has 3 amide bonds. The molecule has 0 bridgehead atoms. The molecule has 10 heteroatoms. The number of methoxy groups -OCH3 is 1. The number of carbonyl (C=O) groups is 3. The molecule has 0 aromatic heterocycles. The van der Waals surface area contributed by atoms with Gasteiger partial charge in [-0.1, -0.05) is 23.7 Å². The van der Waals surface area contributed by atoms with Crippen molar-refractivity contribution >= 4 is 46.5 Å². The first-order chi connectivity index (χ1) is 14.3. The monoisotopic (exact) mass is 450 g/mol. The van der Waals surface area contributed by atoms with Crippen LogP contribution in [0.1, 0.15) is 11.1 Å². The predicted molar refractivity (Wildman–Crippen MR) is 111 cm³/mol. The minimum atomic E-state index is -0.786. The second-order valence-corrected chi connectivity index (χ2v) is 7.58. The van der Waals surface area contributed by atoms with Crippen LogP contribution < -0.4 is 15.2 Å². The second kappa shape index (κ2) is 9.19. The number of hydrogen-bond donors (Lipinski definition) is 1. The maximum Gasteiger partial charge on any atom is 0.294 e. The Kier molecular flexibility index (Phi) is 6.63. The lowest BCUT2D eigenvalue weighted by Crippen LogP contribution is -2.36. The van der Waals surface area contributed by atoms with Crippen LogP contribution in [-0.2, 0) is 16.2 Å². The summed E-state index contributed by atoms with van der Waals surface area (Å²) < 4.78 is 24.1. The standard InChI is InChI=1S/C20H16ClFN2O5S/c1-28-15-7-12(8-16-19(26)24(9-17(23)25)20(27)30-16)6-14(21)18(15)29-10-11-2-4-13(22)5-3-11/h2-8H,9-10H2,1H3,(H2,23,25)/b16-8-. The first-order valence-corrected chi connectivity index (χ1v) is 9.76. The lowest BCUT2D eigenvalue weighted by molar-refractivity contribution is -0.127. The zero-order valence-electron chi connectivity index (χ0n) is 15.7. The van der Waals surface area contributed by atoms with Gasteiger partial charge >= 0.3 is 0 Å². The largest absolute Gasteiger partial charge is 0.493 e. The number of hydrogen-bond acceptors (Lipinski definition) is 6. The van der Waals surface area contributed by atoms with Gasteiger partial charge < -0.3 is 15.2 Å². The maximum absolute atomic E-state index is 13.0. The molecule has 0 spiro atoms. The smallest absolute Gasteiger partial charge is 0.294 e. The van der Waals surface area contributed by atoms with Crippen molar-refractivity contribution in [3.63, 3.8) is 0 Å². The van der Waals surface area contributed by atoms with E-state index >= 15 is 0 Å². The van der Waals surface area contributed by atoms with Crippen LogP contribution in [0.4, 0.5) is 9.18 Å². The minimum absolute atomic E-state index is 0.124. The van der Waals surface area contributed by atoms with Crippen LogP contribution in [0.3, 0.4) is 0 Å². The number of amides is 3. The van der Waals surface area contributed by atoms with Gasteiger partial charge in [0.2, 0.25) is 5.91 Å². The third-order valence-electron chi connectivity index (χ3n) is 4.03. The lowest BCUT2D eigenvalue weighted by Gasteiger charge is -2.13. The Bertz CT molecular complexity index is 1040. The van der Waals surface area contributed by atoms with Crippen LogP contribution in [0.25, 0.3) is 6.08 Å². The molecule has 3 rings (SSSR count). The number of nitrogens with zero attached hydrogens (tertiary/aromatic N) is 1. The predicted octanol–water partition coefficient (Wildman–Crippen LogP) is 3.59. The van der Waals surface area contributed by atoms with Crippen molar-refractivity contribution in [2.75, 3.05) is 13.7 Å². The summed E-state index contributed by atoms with van der Waals surface area (Å²) in [5.74, 6) is -1.16. The highest BCUT2D eigenvalue weighted by molar-refractivity contribution is 8.18. The van der Waals surface area contributed by atoms with Gasteiger partial charge in [-0.05, 0) is 53.2 Å². The van der Waals surface area contributed by atoms with Gasteiger partial charge in [-0.15, -0.1) is 0 Å². The van der Waals surface area contributed by atoms with E-state index in [9.17, 15) is 18.8 Å². The third kappa shape index (κ3) is 4.92. The van der Waals surface area contributed by atoms with E-state index in [4.69, 9.17) is 26.8 Å². The number of rotatable bonds is 7. The summed E-state index contributed by atoms with van der Waals surface area (Å²) in [4.78, 5) is 36.2. The summed E-state index contributed by atoms with van der Waals surface area (Å²) in [5, 5.41) is -0.360. The number of benzene rings is 2. The fourth-order valence-corrected chi connectivity index (χ4v) is 3.75. The van der Waals surface area contributed by atoms with Crippen LogP contribution in [-0.4, -0.2) is 35.6 Å². The quantitative estimate of drug-likeness (QED) is 0.647. The molecule has 2 aromatic rings. The van der Waals surface area contributed by atoms with E-state index in [0.29, 0.717) is 23.1 Å². The molecule has 7 nitrogen and oxygen atoms in total. The Labute approximate surface area is 180 Å². The number of nitrogens with two attached hydrogens (primary N) is 1. The zero-order valence-corrected chi connectivity index (χ0v) is 17.3. The van der Waals surface area contributed by atoms with Gasteiger partial charge in [0.25, 0.3) is 11.1 Å². The Morgan fingerprint density at radius 3 is 2.60 bits per heavy atom. The van der Waals surface area contributed by atoms with Gasteiger partial charge in [-0.25, -0.2) is 4.39 Å². The number of halogens is 2. The molecule has 0 aliphatic carbocycles. The molecule has 30 heavy (non-hydrogen) atoms. The van der Waals surface area contributed by atoms with Gasteiger partial charge in [0.05, 0.1) is 17.0 Å². The van der Waals surface area contributed by atoms with Gasteiger partial charge in [0.1, 0.15) is 19.0 Å². The summed E-state index contributed by atoms with van der Waals surface area (Å²) in [6, 6.07) is 8.97. The Morgan fingerprint density at radius 1 is 1.27 bits per heavy atom. The molecule has 2 N–H and O–H groups in total. The summed E-state index contributed by atoms with van der Waals surface area (Å²) in [6.07, 6.45) is 1.46. The van der Waals surface area contributed by atoms with Gasteiger partial charge in [0, 0.05) is 0 Å². The summed E-state index contributed by atoms with van der Waals surface area (Å²) in [7, 11) is 1.43. The Hall–Kier alpha value is -3.04. The van der Waals surface area contributed by atoms with E-state index in [-0.39, 0.29) is 28.1 Å². The normalized spacial score (nSPS) is 15.0. The summed E-state index contributed by atoms with van der Waals surface area (Å²) >= 11 is 7.02. The van der Waals surface area contributed by atoms with Gasteiger partial charge in [-0.2, -0.15) is 0 Å². The molecule has 0 atom stereocenters. The van der Waals surface area contributed by atoms with Crippen LogP contribution >= 0.6 is 23.4 Å². The van der Waals surface area contributed by atoms with E-state index in [1.807, 2.05) is 0 Å². The zero-order chi connectivity index (χ0) is 21.8. The lowest BCUT2D eigenvalue weighted by atomic mass is 10.1. The van der Waals surface area contributed by atoms with Crippen LogP contribution in [0.15, 0.2) is 41.3 Å². The molecule has 1 saturated heterocycles. The molecule has 0 unspecified atom stereocenters. The van der Waals surface area contributed by atoms with Crippen molar-refractivity contribution in [2.45, 2.75) is 6.61 Å². The molecule has 1 heterocycles. The number of ether oxygens (including phenoxy) is 2. The van der Waals surface area contributed by atoms with E-state index in [2.05, 4.69) is 0 Å². The molecular weight excluding hydrogens is 435 g/mol. The minimum Gasteiger partial charge on any atom is -0.493 e. The molecule has 156 valence electrons.